The normalized spacial score (nSPS) is 17.7. The second-order valence-corrected chi connectivity index (χ2v) is 6.54. The van der Waals surface area contributed by atoms with Gasteiger partial charge in [-0.2, -0.15) is 0 Å². The lowest BCUT2D eigenvalue weighted by atomic mass is 10.1. The molecule has 2 rings (SSSR count). The summed E-state index contributed by atoms with van der Waals surface area (Å²) in [5, 5.41) is 0. The Balaban J connectivity index is 0. The van der Waals surface area contributed by atoms with Crippen LogP contribution in [-0.4, -0.2) is 54.7 Å². The first-order valence-electron chi connectivity index (χ1n) is 9.55. The van der Waals surface area contributed by atoms with Crippen LogP contribution < -0.4 is 0 Å². The van der Waals surface area contributed by atoms with E-state index < -0.39 is 0 Å². The molecule has 2 fully saturated rings. The molecule has 0 aliphatic carbocycles. The molecule has 23 heavy (non-hydrogen) atoms. The van der Waals surface area contributed by atoms with Crippen LogP contribution in [0.2, 0.25) is 0 Å². The minimum absolute atomic E-state index is 0.160. The second-order valence-electron chi connectivity index (χ2n) is 6.54. The van der Waals surface area contributed by atoms with Crippen molar-refractivity contribution in [2.24, 2.45) is 0 Å². The van der Waals surface area contributed by atoms with Gasteiger partial charge < -0.3 is 14.5 Å². The largest absolute Gasteiger partial charge is 0.444 e. The summed E-state index contributed by atoms with van der Waals surface area (Å²) in [5.74, 6) is 0. The predicted octanol–water partition coefficient (Wildman–Crippen LogP) is 5.17. The van der Waals surface area contributed by atoms with E-state index in [1.165, 1.54) is 32.4 Å². The minimum Gasteiger partial charge on any atom is -0.444 e. The molecule has 0 aromatic heterocycles. The molecule has 0 aromatic carbocycles. The number of likely N-dealkylation sites (tertiary alicyclic amines) is 2. The average molecular weight is 331 g/mol. The van der Waals surface area contributed by atoms with Gasteiger partial charge >= 0.3 is 6.09 Å². The van der Waals surface area contributed by atoms with Gasteiger partial charge in [-0.25, -0.2) is 4.79 Å². The Morgan fingerprint density at radius 1 is 0.783 bits per heavy atom. The maximum absolute atomic E-state index is 11.5. The van der Waals surface area contributed by atoms with Gasteiger partial charge in [-0.1, -0.05) is 27.7 Å². The van der Waals surface area contributed by atoms with Crippen LogP contribution in [0.25, 0.3) is 0 Å². The molecule has 2 heterocycles. The number of nitrogens with zero attached hydrogens (tertiary/aromatic N) is 2. The molecular formula is C19H42N2O2. The number of carbonyl (C=O) groups is 1. The summed E-state index contributed by atoms with van der Waals surface area (Å²) >= 11 is 0. The van der Waals surface area contributed by atoms with Gasteiger partial charge in [-0.3, -0.25) is 0 Å². The summed E-state index contributed by atoms with van der Waals surface area (Å²) in [7, 11) is 2.17. The van der Waals surface area contributed by atoms with Gasteiger partial charge in [0.1, 0.15) is 5.60 Å². The number of hydrogen-bond acceptors (Lipinski definition) is 3. The molecular weight excluding hydrogens is 288 g/mol. The molecule has 2 aliphatic heterocycles. The zero-order chi connectivity index (χ0) is 18.3. The second kappa shape index (κ2) is 14.8. The fraction of sp³-hybridized carbons (Fsp3) is 0.947. The third kappa shape index (κ3) is 14.5. The Hall–Kier alpha value is -0.770. The minimum atomic E-state index is -0.367. The molecule has 1 amide bonds. The summed E-state index contributed by atoms with van der Waals surface area (Å²) in [6.07, 6.45) is 6.12. The highest BCUT2D eigenvalue weighted by Gasteiger charge is 2.22. The molecule has 2 saturated heterocycles. The maximum Gasteiger partial charge on any atom is 0.410 e. The molecule has 2 aliphatic rings. The molecule has 0 saturated carbocycles. The van der Waals surface area contributed by atoms with Gasteiger partial charge in [-0.15, -0.1) is 0 Å². The Kier molecular flexibility index (Phi) is 15.8. The fourth-order valence-electron chi connectivity index (χ4n) is 2.28. The van der Waals surface area contributed by atoms with Crippen molar-refractivity contribution in [2.75, 3.05) is 33.2 Å². The molecule has 0 spiro atoms. The Bertz CT molecular complexity index is 263. The van der Waals surface area contributed by atoms with Crippen molar-refractivity contribution >= 4 is 6.09 Å². The lowest BCUT2D eigenvalue weighted by Crippen LogP contribution is -2.39. The Morgan fingerprint density at radius 2 is 1.17 bits per heavy atom. The highest BCUT2D eigenvalue weighted by atomic mass is 16.6. The van der Waals surface area contributed by atoms with Gasteiger partial charge in [0.2, 0.25) is 0 Å². The van der Waals surface area contributed by atoms with Crippen LogP contribution in [0.4, 0.5) is 4.79 Å². The summed E-state index contributed by atoms with van der Waals surface area (Å²) < 4.78 is 5.26. The van der Waals surface area contributed by atoms with Crippen molar-refractivity contribution in [1.82, 2.24) is 9.80 Å². The maximum atomic E-state index is 11.5. The highest BCUT2D eigenvalue weighted by Crippen LogP contribution is 2.14. The van der Waals surface area contributed by atoms with Crippen LogP contribution in [0, 0.1) is 0 Å². The van der Waals surface area contributed by atoms with Crippen molar-refractivity contribution in [3.05, 3.63) is 0 Å². The van der Waals surface area contributed by atoms with Crippen molar-refractivity contribution in [3.63, 3.8) is 0 Å². The van der Waals surface area contributed by atoms with Crippen molar-refractivity contribution in [2.45, 2.75) is 86.2 Å². The average Bonchev–Trinajstić information content (AvgIpc) is 3.02. The number of carbonyl (C=O) groups excluding carboxylic acids is 1. The van der Waals surface area contributed by atoms with E-state index in [0.29, 0.717) is 0 Å². The first-order chi connectivity index (χ1) is 10.9. The summed E-state index contributed by atoms with van der Waals surface area (Å²) in [6.45, 7) is 18.0. The molecule has 4 heteroatoms. The third-order valence-corrected chi connectivity index (χ3v) is 3.34. The monoisotopic (exact) mass is 330 g/mol. The van der Waals surface area contributed by atoms with Crippen molar-refractivity contribution in [3.8, 4) is 0 Å². The Morgan fingerprint density at radius 3 is 1.48 bits per heavy atom. The first-order valence-corrected chi connectivity index (χ1v) is 9.55. The predicted molar refractivity (Wildman–Crippen MR) is 101 cm³/mol. The fourth-order valence-corrected chi connectivity index (χ4v) is 2.28. The molecule has 0 N–H and O–H groups in total. The van der Waals surface area contributed by atoms with Crippen LogP contribution in [-0.2, 0) is 4.74 Å². The molecule has 0 aromatic rings. The van der Waals surface area contributed by atoms with Crippen molar-refractivity contribution in [1.29, 1.82) is 0 Å². The summed E-state index contributed by atoms with van der Waals surface area (Å²) in [4.78, 5) is 15.7. The topological polar surface area (TPSA) is 32.8 Å². The third-order valence-electron chi connectivity index (χ3n) is 3.34. The van der Waals surface area contributed by atoms with Crippen LogP contribution in [0.3, 0.4) is 0 Å². The van der Waals surface area contributed by atoms with Crippen LogP contribution in [0.1, 0.15) is 80.6 Å². The van der Waals surface area contributed by atoms with Gasteiger partial charge in [0.05, 0.1) is 0 Å². The van der Waals surface area contributed by atoms with E-state index in [4.69, 9.17) is 4.74 Å². The number of rotatable bonds is 0. The summed E-state index contributed by atoms with van der Waals surface area (Å²) in [6, 6.07) is 0. The van der Waals surface area contributed by atoms with Crippen LogP contribution in [0.15, 0.2) is 0 Å². The molecule has 0 bridgehead atoms. The number of piperidine rings is 1. The standard InChI is InChI=1S/C10H19NO2.C5H11N.2C2H6/c1-10(2,3)13-9(12)11-7-5-4-6-8-11;1-6-4-2-3-5-6;2*1-2/h4-8H2,1-3H3;2-5H2,1H3;2*1-2H3. The molecule has 0 radical (unpaired) electrons. The lowest BCUT2D eigenvalue weighted by molar-refractivity contribution is 0.0216. The quantitative estimate of drug-likeness (QED) is 0.614. The first kappa shape index (κ1) is 24.5. The van der Waals surface area contributed by atoms with E-state index in [9.17, 15) is 4.79 Å². The van der Waals surface area contributed by atoms with E-state index in [0.717, 1.165) is 25.9 Å². The number of amides is 1. The van der Waals surface area contributed by atoms with Crippen LogP contribution in [0.5, 0.6) is 0 Å². The van der Waals surface area contributed by atoms with E-state index in [2.05, 4.69) is 11.9 Å². The zero-order valence-corrected chi connectivity index (χ0v) is 17.1. The van der Waals surface area contributed by atoms with E-state index >= 15 is 0 Å². The van der Waals surface area contributed by atoms with Gasteiger partial charge in [-0.05, 0) is 73.0 Å². The molecule has 4 nitrogen and oxygen atoms in total. The van der Waals surface area contributed by atoms with Crippen LogP contribution >= 0.6 is 0 Å². The van der Waals surface area contributed by atoms with Gasteiger partial charge in [0, 0.05) is 13.1 Å². The Labute approximate surface area is 145 Å². The van der Waals surface area contributed by atoms with Gasteiger partial charge in [0.25, 0.3) is 0 Å². The van der Waals surface area contributed by atoms with E-state index in [1.807, 2.05) is 48.5 Å². The zero-order valence-electron chi connectivity index (χ0n) is 17.1. The summed E-state index contributed by atoms with van der Waals surface area (Å²) in [5.41, 5.74) is -0.367. The number of ether oxygens (including phenoxy) is 1. The smallest absolute Gasteiger partial charge is 0.410 e. The van der Waals surface area contributed by atoms with Crippen molar-refractivity contribution < 1.29 is 9.53 Å². The van der Waals surface area contributed by atoms with E-state index in [1.54, 1.807) is 4.90 Å². The molecule has 140 valence electrons. The lowest BCUT2D eigenvalue weighted by Gasteiger charge is -2.29. The molecule has 0 atom stereocenters. The SMILES string of the molecule is CC.CC.CC(C)(C)OC(=O)N1CCCCC1.CN1CCCC1. The molecule has 0 unspecified atom stereocenters. The van der Waals surface area contributed by atoms with E-state index in [-0.39, 0.29) is 11.7 Å². The number of hydrogen-bond donors (Lipinski definition) is 0. The highest BCUT2D eigenvalue weighted by molar-refractivity contribution is 5.68. The van der Waals surface area contributed by atoms with Gasteiger partial charge in [0.15, 0.2) is 0 Å².